The Bertz CT molecular complexity index is 833. The normalized spacial score (nSPS) is 18.0. The summed E-state index contributed by atoms with van der Waals surface area (Å²) in [6.45, 7) is 6.14. The van der Waals surface area contributed by atoms with Gasteiger partial charge in [-0.2, -0.15) is 0 Å². The third-order valence-corrected chi connectivity index (χ3v) is 5.33. The zero-order valence-corrected chi connectivity index (χ0v) is 16.7. The van der Waals surface area contributed by atoms with E-state index in [-0.39, 0.29) is 17.6 Å². The highest BCUT2D eigenvalue weighted by Crippen LogP contribution is 2.39. The molecule has 0 bridgehead atoms. The van der Waals surface area contributed by atoms with Crippen molar-refractivity contribution in [2.75, 3.05) is 0 Å². The van der Waals surface area contributed by atoms with E-state index < -0.39 is 0 Å². The number of fused-ring (bicyclic) bond motifs is 1. The highest BCUT2D eigenvalue weighted by Gasteiger charge is 2.34. The fourth-order valence-electron chi connectivity index (χ4n) is 3.31. The van der Waals surface area contributed by atoms with E-state index in [2.05, 4.69) is 11.4 Å². The first kappa shape index (κ1) is 19.1. The molecule has 0 spiro atoms. The van der Waals surface area contributed by atoms with Crippen molar-refractivity contribution >= 4 is 29.1 Å². The Labute approximate surface area is 164 Å². The monoisotopic (exact) mass is 391 g/mol. The number of halogens is 2. The Balaban J connectivity index is 1.68. The number of aryl methyl sites for hydroxylation is 2. The van der Waals surface area contributed by atoms with Crippen molar-refractivity contribution in [3.63, 3.8) is 0 Å². The number of ether oxygens (including phenoxy) is 1. The largest absolute Gasteiger partial charge is 0.487 e. The molecule has 2 aromatic rings. The van der Waals surface area contributed by atoms with Gasteiger partial charge >= 0.3 is 0 Å². The molecule has 0 aromatic heterocycles. The van der Waals surface area contributed by atoms with Crippen LogP contribution in [0.1, 0.15) is 49.4 Å². The van der Waals surface area contributed by atoms with E-state index in [0.29, 0.717) is 22.9 Å². The Morgan fingerprint density at radius 3 is 2.69 bits per heavy atom. The van der Waals surface area contributed by atoms with E-state index in [1.807, 2.05) is 45.0 Å². The Morgan fingerprint density at radius 2 is 1.96 bits per heavy atom. The van der Waals surface area contributed by atoms with E-state index in [4.69, 9.17) is 27.9 Å². The molecule has 0 fully saturated rings. The van der Waals surface area contributed by atoms with E-state index in [0.717, 1.165) is 28.9 Å². The van der Waals surface area contributed by atoms with Crippen LogP contribution in [0.4, 0.5) is 0 Å². The smallest absolute Gasteiger partial charge is 0.220 e. The molecule has 1 N–H and O–H groups in total. The highest BCUT2D eigenvalue weighted by atomic mass is 35.5. The van der Waals surface area contributed by atoms with E-state index in [9.17, 15) is 4.79 Å². The standard InChI is InChI=1S/C21H23Cl2NO2/c1-13-4-7-15-18(12-21(2,3)26-19(15)10-13)24-20(25)9-6-14-5-8-16(22)17(23)11-14/h4-5,7-8,10-11,18H,6,9,12H2,1-3H3,(H,24,25)/t18-/m1/s1. The van der Waals surface area contributed by atoms with Crippen LogP contribution in [0.5, 0.6) is 5.75 Å². The molecular weight excluding hydrogens is 369 g/mol. The van der Waals surface area contributed by atoms with Gasteiger partial charge in [0.05, 0.1) is 16.1 Å². The molecule has 138 valence electrons. The van der Waals surface area contributed by atoms with Gasteiger partial charge in [0.15, 0.2) is 0 Å². The maximum absolute atomic E-state index is 12.5. The van der Waals surface area contributed by atoms with Crippen molar-refractivity contribution in [3.8, 4) is 5.75 Å². The number of nitrogens with one attached hydrogen (secondary N) is 1. The van der Waals surface area contributed by atoms with Gasteiger partial charge in [-0.15, -0.1) is 0 Å². The summed E-state index contributed by atoms with van der Waals surface area (Å²) in [7, 11) is 0. The molecule has 3 nitrogen and oxygen atoms in total. The molecule has 3 rings (SSSR count). The predicted octanol–water partition coefficient (Wildman–Crippen LogP) is 5.65. The SMILES string of the molecule is Cc1ccc2c(c1)OC(C)(C)C[C@H]2NC(=O)CCc1ccc(Cl)c(Cl)c1. The van der Waals surface area contributed by atoms with Gasteiger partial charge in [0, 0.05) is 18.4 Å². The molecule has 0 radical (unpaired) electrons. The van der Waals surface area contributed by atoms with E-state index in [1.165, 1.54) is 0 Å². The van der Waals surface area contributed by atoms with Crippen LogP contribution in [0.2, 0.25) is 10.0 Å². The summed E-state index contributed by atoms with van der Waals surface area (Å²) in [5.41, 5.74) is 2.87. The lowest BCUT2D eigenvalue weighted by atomic mass is 9.89. The second kappa shape index (κ2) is 7.50. The Hall–Kier alpha value is -1.71. The van der Waals surface area contributed by atoms with E-state index >= 15 is 0 Å². The van der Waals surface area contributed by atoms with Crippen LogP contribution in [0.15, 0.2) is 36.4 Å². The quantitative estimate of drug-likeness (QED) is 0.730. The number of carbonyl (C=O) groups is 1. The molecule has 1 amide bonds. The predicted molar refractivity (Wildman–Crippen MR) is 106 cm³/mol. The van der Waals surface area contributed by atoms with Gasteiger partial charge in [-0.1, -0.05) is 41.4 Å². The van der Waals surface area contributed by atoms with Crippen molar-refractivity contribution < 1.29 is 9.53 Å². The molecule has 26 heavy (non-hydrogen) atoms. The second-order valence-corrected chi connectivity index (χ2v) is 8.29. The number of amides is 1. The van der Waals surface area contributed by atoms with Gasteiger partial charge < -0.3 is 10.1 Å². The third-order valence-electron chi connectivity index (χ3n) is 4.59. The molecular formula is C21H23Cl2NO2. The maximum Gasteiger partial charge on any atom is 0.220 e. The first-order chi connectivity index (χ1) is 12.2. The highest BCUT2D eigenvalue weighted by molar-refractivity contribution is 6.42. The van der Waals surface area contributed by atoms with Crippen molar-refractivity contribution in [1.29, 1.82) is 0 Å². The molecule has 1 aliphatic heterocycles. The van der Waals surface area contributed by atoms with Crippen LogP contribution in [0.25, 0.3) is 0 Å². The summed E-state index contributed by atoms with van der Waals surface area (Å²) < 4.78 is 6.09. The van der Waals surface area contributed by atoms with Gasteiger partial charge in [-0.25, -0.2) is 0 Å². The van der Waals surface area contributed by atoms with Crippen LogP contribution in [-0.4, -0.2) is 11.5 Å². The molecule has 0 aliphatic carbocycles. The number of benzene rings is 2. The average Bonchev–Trinajstić information content (AvgIpc) is 2.54. The minimum absolute atomic E-state index is 0.0188. The Morgan fingerprint density at radius 1 is 1.19 bits per heavy atom. The zero-order valence-electron chi connectivity index (χ0n) is 15.2. The van der Waals surface area contributed by atoms with Crippen molar-refractivity contribution in [2.24, 2.45) is 0 Å². The summed E-state index contributed by atoms with van der Waals surface area (Å²) in [5, 5.41) is 4.21. The minimum atomic E-state index is -0.317. The molecule has 0 unspecified atom stereocenters. The molecule has 2 aromatic carbocycles. The van der Waals surface area contributed by atoms with Crippen LogP contribution < -0.4 is 10.1 Å². The van der Waals surface area contributed by atoms with Crippen LogP contribution in [-0.2, 0) is 11.2 Å². The number of hydrogen-bond donors (Lipinski definition) is 1. The summed E-state index contributed by atoms with van der Waals surface area (Å²) in [6, 6.07) is 11.6. The molecule has 1 heterocycles. The average molecular weight is 392 g/mol. The third kappa shape index (κ3) is 4.52. The summed E-state index contributed by atoms with van der Waals surface area (Å²) >= 11 is 12.0. The van der Waals surface area contributed by atoms with Gasteiger partial charge in [0.2, 0.25) is 5.91 Å². The number of rotatable bonds is 4. The fourth-order valence-corrected chi connectivity index (χ4v) is 3.63. The molecule has 0 saturated carbocycles. The number of carbonyl (C=O) groups excluding carboxylic acids is 1. The Kier molecular flexibility index (Phi) is 5.50. The van der Waals surface area contributed by atoms with Crippen molar-refractivity contribution in [2.45, 2.75) is 51.7 Å². The molecule has 1 aliphatic rings. The summed E-state index contributed by atoms with van der Waals surface area (Å²) in [5.74, 6) is 0.876. The second-order valence-electron chi connectivity index (χ2n) is 7.48. The maximum atomic E-state index is 12.5. The van der Waals surface area contributed by atoms with Gasteiger partial charge in [-0.3, -0.25) is 4.79 Å². The van der Waals surface area contributed by atoms with Crippen LogP contribution >= 0.6 is 23.2 Å². The molecule has 1 atom stereocenters. The first-order valence-corrected chi connectivity index (χ1v) is 9.52. The van der Waals surface area contributed by atoms with Crippen molar-refractivity contribution in [1.82, 2.24) is 5.32 Å². The topological polar surface area (TPSA) is 38.3 Å². The lowest BCUT2D eigenvalue weighted by Crippen LogP contribution is -2.41. The number of hydrogen-bond acceptors (Lipinski definition) is 2. The van der Waals surface area contributed by atoms with Crippen LogP contribution in [0, 0.1) is 6.92 Å². The lowest BCUT2D eigenvalue weighted by Gasteiger charge is -2.38. The van der Waals surface area contributed by atoms with E-state index in [1.54, 1.807) is 6.07 Å². The fraction of sp³-hybridized carbons (Fsp3) is 0.381. The van der Waals surface area contributed by atoms with Crippen molar-refractivity contribution in [3.05, 3.63) is 63.1 Å². The van der Waals surface area contributed by atoms with Crippen LogP contribution in [0.3, 0.4) is 0 Å². The van der Waals surface area contributed by atoms with Gasteiger partial charge in [0.25, 0.3) is 0 Å². The first-order valence-electron chi connectivity index (χ1n) is 8.76. The molecule has 0 saturated heterocycles. The van der Waals surface area contributed by atoms with Gasteiger partial charge in [0.1, 0.15) is 11.4 Å². The lowest BCUT2D eigenvalue weighted by molar-refractivity contribution is -0.122. The molecule has 5 heteroatoms. The summed E-state index contributed by atoms with van der Waals surface area (Å²) in [4.78, 5) is 12.5. The van der Waals surface area contributed by atoms with Gasteiger partial charge in [-0.05, 0) is 56.5 Å². The summed E-state index contributed by atoms with van der Waals surface area (Å²) in [6.07, 6.45) is 1.76. The minimum Gasteiger partial charge on any atom is -0.487 e. The zero-order chi connectivity index (χ0) is 18.9.